The third-order valence-corrected chi connectivity index (χ3v) is 4.99. The molecule has 26 heavy (non-hydrogen) atoms. The van der Waals surface area contributed by atoms with Crippen molar-refractivity contribution < 1.29 is 0 Å². The number of imidazole rings is 1. The number of hydrogen-bond donors (Lipinski definition) is 1. The van der Waals surface area contributed by atoms with Crippen molar-refractivity contribution in [2.45, 2.75) is 0 Å². The van der Waals surface area contributed by atoms with E-state index < -0.39 is 0 Å². The molecule has 2 aromatic carbocycles. The molecule has 5 rings (SSSR count). The summed E-state index contributed by atoms with van der Waals surface area (Å²) < 4.78 is 2.07. The first-order valence-electron chi connectivity index (χ1n) is 8.34. The van der Waals surface area contributed by atoms with E-state index in [2.05, 4.69) is 43.8 Å². The molecule has 1 N–H and O–H groups in total. The number of aromatic amines is 1. The minimum Gasteiger partial charge on any atom is -0.354 e. The number of nitrogens with zero attached hydrogens (tertiary/aromatic N) is 3. The second-order valence-electron chi connectivity index (χ2n) is 6.33. The summed E-state index contributed by atoms with van der Waals surface area (Å²) in [6.07, 6.45) is 5.48. The maximum Gasteiger partial charge on any atom is 0.0955 e. The van der Waals surface area contributed by atoms with Crippen molar-refractivity contribution in [3.63, 3.8) is 0 Å². The van der Waals surface area contributed by atoms with Gasteiger partial charge in [0.1, 0.15) is 0 Å². The first kappa shape index (κ1) is 15.2. The van der Waals surface area contributed by atoms with E-state index >= 15 is 0 Å². The van der Waals surface area contributed by atoms with Crippen molar-refractivity contribution in [2.24, 2.45) is 7.05 Å². The van der Waals surface area contributed by atoms with Gasteiger partial charge < -0.3 is 9.55 Å². The van der Waals surface area contributed by atoms with Gasteiger partial charge >= 0.3 is 0 Å². The lowest BCUT2D eigenvalue weighted by atomic mass is 9.98. The molecule has 0 saturated heterocycles. The zero-order valence-corrected chi connectivity index (χ0v) is 14.8. The number of benzene rings is 2. The number of aryl methyl sites for hydroxylation is 1. The van der Waals surface area contributed by atoms with Gasteiger partial charge in [-0.25, -0.2) is 4.98 Å². The average Bonchev–Trinajstić information content (AvgIpc) is 3.24. The van der Waals surface area contributed by atoms with Gasteiger partial charge in [0, 0.05) is 46.5 Å². The highest BCUT2D eigenvalue weighted by atomic mass is 35.5. The quantitative estimate of drug-likeness (QED) is 0.457. The van der Waals surface area contributed by atoms with Gasteiger partial charge in [-0.05, 0) is 42.0 Å². The maximum absolute atomic E-state index is 6.12. The summed E-state index contributed by atoms with van der Waals surface area (Å²) in [4.78, 5) is 12.3. The SMILES string of the molecule is Cn1cnc2ccc3[nH]c(-c4ccncc4)c(-c4ccc(Cl)cc4)c3c21. The second-order valence-corrected chi connectivity index (χ2v) is 6.77. The lowest BCUT2D eigenvalue weighted by Crippen LogP contribution is -1.87. The molecule has 0 aliphatic rings. The van der Waals surface area contributed by atoms with E-state index in [1.807, 2.05) is 50.0 Å². The first-order chi connectivity index (χ1) is 12.7. The van der Waals surface area contributed by atoms with Gasteiger partial charge in [0.05, 0.1) is 23.1 Å². The van der Waals surface area contributed by atoms with E-state index in [-0.39, 0.29) is 0 Å². The van der Waals surface area contributed by atoms with Gasteiger partial charge in [0.15, 0.2) is 0 Å². The minimum absolute atomic E-state index is 0.727. The van der Waals surface area contributed by atoms with Gasteiger partial charge in [0.2, 0.25) is 0 Å². The molecule has 0 radical (unpaired) electrons. The lowest BCUT2D eigenvalue weighted by Gasteiger charge is -2.07. The summed E-state index contributed by atoms with van der Waals surface area (Å²) in [5.74, 6) is 0. The first-order valence-corrected chi connectivity index (χ1v) is 8.72. The highest BCUT2D eigenvalue weighted by Gasteiger charge is 2.19. The van der Waals surface area contributed by atoms with E-state index in [1.54, 1.807) is 0 Å². The van der Waals surface area contributed by atoms with Crippen molar-refractivity contribution in [3.05, 3.63) is 72.3 Å². The van der Waals surface area contributed by atoms with Crippen LogP contribution in [0.5, 0.6) is 0 Å². The van der Waals surface area contributed by atoms with Crippen LogP contribution in [0.2, 0.25) is 5.02 Å². The summed E-state index contributed by atoms with van der Waals surface area (Å²) in [6, 6.07) is 16.2. The summed E-state index contributed by atoms with van der Waals surface area (Å²) >= 11 is 6.12. The standard InChI is InChI=1S/C21H15ClN4/c1-26-12-24-17-7-6-16-19(21(17)26)18(13-2-4-15(22)5-3-13)20(25-16)14-8-10-23-11-9-14/h2-12,25H,1H3. The molecule has 5 heteroatoms. The molecule has 5 aromatic rings. The molecule has 0 amide bonds. The maximum atomic E-state index is 6.12. The molecular formula is C21H15ClN4. The summed E-state index contributed by atoms with van der Waals surface area (Å²) in [5, 5.41) is 1.89. The number of fused-ring (bicyclic) bond motifs is 3. The number of rotatable bonds is 2. The molecule has 126 valence electrons. The lowest BCUT2D eigenvalue weighted by molar-refractivity contribution is 0.951. The summed E-state index contributed by atoms with van der Waals surface area (Å²) in [6.45, 7) is 0. The predicted molar refractivity (Wildman–Crippen MR) is 106 cm³/mol. The fraction of sp³-hybridized carbons (Fsp3) is 0.0476. The monoisotopic (exact) mass is 358 g/mol. The smallest absolute Gasteiger partial charge is 0.0955 e. The van der Waals surface area contributed by atoms with Crippen LogP contribution in [0.1, 0.15) is 0 Å². The van der Waals surface area contributed by atoms with Crippen molar-refractivity contribution in [1.29, 1.82) is 0 Å². The molecule has 0 aliphatic heterocycles. The van der Waals surface area contributed by atoms with E-state index in [0.29, 0.717) is 0 Å². The molecule has 3 aromatic heterocycles. The Hall–Kier alpha value is -3.11. The third-order valence-electron chi connectivity index (χ3n) is 4.74. The number of hydrogen-bond acceptors (Lipinski definition) is 2. The molecule has 0 unspecified atom stereocenters. The Kier molecular flexibility index (Phi) is 3.33. The summed E-state index contributed by atoms with van der Waals surface area (Å²) in [7, 11) is 2.03. The molecular weight excluding hydrogens is 344 g/mol. The molecule has 0 atom stereocenters. The highest BCUT2D eigenvalue weighted by molar-refractivity contribution is 6.30. The number of aromatic nitrogens is 4. The van der Waals surface area contributed by atoms with Crippen LogP contribution in [0, 0.1) is 0 Å². The van der Waals surface area contributed by atoms with Crippen molar-refractivity contribution in [3.8, 4) is 22.4 Å². The average molecular weight is 359 g/mol. The van der Waals surface area contributed by atoms with Crippen LogP contribution in [-0.4, -0.2) is 19.5 Å². The van der Waals surface area contributed by atoms with Crippen LogP contribution >= 0.6 is 11.6 Å². The van der Waals surface area contributed by atoms with Crippen molar-refractivity contribution in [1.82, 2.24) is 19.5 Å². The van der Waals surface area contributed by atoms with Crippen LogP contribution in [-0.2, 0) is 7.05 Å². The van der Waals surface area contributed by atoms with E-state index in [1.165, 1.54) is 0 Å². The number of nitrogens with one attached hydrogen (secondary N) is 1. The molecule has 0 aliphatic carbocycles. The van der Waals surface area contributed by atoms with Crippen LogP contribution in [0.15, 0.2) is 67.3 Å². The van der Waals surface area contributed by atoms with Crippen LogP contribution in [0.3, 0.4) is 0 Å². The third kappa shape index (κ3) is 2.23. The normalized spacial score (nSPS) is 11.5. The van der Waals surface area contributed by atoms with Crippen LogP contribution < -0.4 is 0 Å². The van der Waals surface area contributed by atoms with Crippen LogP contribution in [0.4, 0.5) is 0 Å². The molecule has 0 saturated carbocycles. The molecule has 0 fully saturated rings. The zero-order chi connectivity index (χ0) is 17.7. The van der Waals surface area contributed by atoms with Gasteiger partial charge in [0.25, 0.3) is 0 Å². The largest absolute Gasteiger partial charge is 0.354 e. The van der Waals surface area contributed by atoms with Gasteiger partial charge in [-0.3, -0.25) is 4.98 Å². The molecule has 0 bridgehead atoms. The summed E-state index contributed by atoms with van der Waals surface area (Å²) in [5.41, 5.74) is 7.60. The van der Waals surface area contributed by atoms with E-state index in [4.69, 9.17) is 11.6 Å². The van der Waals surface area contributed by atoms with Gasteiger partial charge in [-0.1, -0.05) is 23.7 Å². The number of halogens is 1. The highest BCUT2D eigenvalue weighted by Crippen LogP contribution is 2.41. The fourth-order valence-electron chi connectivity index (χ4n) is 3.57. The van der Waals surface area contributed by atoms with Crippen LogP contribution in [0.25, 0.3) is 44.3 Å². The fourth-order valence-corrected chi connectivity index (χ4v) is 3.69. The number of pyridine rings is 1. The zero-order valence-electron chi connectivity index (χ0n) is 14.1. The number of H-pyrrole nitrogens is 1. The molecule has 3 heterocycles. The Morgan fingerprint density at radius 3 is 2.46 bits per heavy atom. The van der Waals surface area contributed by atoms with E-state index in [9.17, 15) is 0 Å². The predicted octanol–water partition coefficient (Wildman–Crippen LogP) is 5.44. The molecule has 4 nitrogen and oxygen atoms in total. The van der Waals surface area contributed by atoms with E-state index in [0.717, 1.165) is 49.3 Å². The minimum atomic E-state index is 0.727. The Balaban J connectivity index is 1.96. The Morgan fingerprint density at radius 1 is 0.923 bits per heavy atom. The Bertz CT molecular complexity index is 1230. The van der Waals surface area contributed by atoms with Gasteiger partial charge in [-0.15, -0.1) is 0 Å². The van der Waals surface area contributed by atoms with Crippen molar-refractivity contribution >= 4 is 33.5 Å². The Labute approximate surface area is 155 Å². The van der Waals surface area contributed by atoms with Crippen molar-refractivity contribution in [2.75, 3.05) is 0 Å². The second kappa shape index (κ2) is 5.71. The Morgan fingerprint density at radius 2 is 1.69 bits per heavy atom. The topological polar surface area (TPSA) is 46.5 Å². The molecule has 0 spiro atoms. The van der Waals surface area contributed by atoms with Gasteiger partial charge in [-0.2, -0.15) is 0 Å².